The first kappa shape index (κ1) is 27.2. The molecular weight excluding hydrogens is 540 g/mol. The van der Waals surface area contributed by atoms with Gasteiger partial charge in [0, 0.05) is 44.1 Å². The second kappa shape index (κ2) is 11.2. The molecule has 5 heteroatoms. The highest BCUT2D eigenvalue weighted by Crippen LogP contribution is 2.37. The minimum absolute atomic E-state index is 0.447. The summed E-state index contributed by atoms with van der Waals surface area (Å²) in [5.41, 5.74) is 8.21. The van der Waals surface area contributed by atoms with E-state index in [4.69, 9.17) is 4.42 Å². The Morgan fingerprint density at radius 3 is 1.41 bits per heavy atom. The molecule has 0 unspecified atom stereocenters. The van der Waals surface area contributed by atoms with E-state index in [2.05, 4.69) is 141 Å². The van der Waals surface area contributed by atoms with Crippen molar-refractivity contribution in [2.75, 3.05) is 0 Å². The third kappa shape index (κ3) is 4.24. The lowest BCUT2D eigenvalue weighted by Crippen LogP contribution is -2.00. The fraction of sp³-hybridized carbons (Fsp3) is 0.0769. The van der Waals surface area contributed by atoms with Gasteiger partial charge in [-0.05, 0) is 49.4 Å². The van der Waals surface area contributed by atoms with E-state index < -0.39 is 0 Å². The molecule has 3 heterocycles. The molecular formula is C39H32N4O. The van der Waals surface area contributed by atoms with E-state index in [9.17, 15) is 0 Å². The predicted octanol–water partition coefficient (Wildman–Crippen LogP) is 10.5. The number of aromatic nitrogens is 4. The minimum Gasteiger partial charge on any atom is -0.416 e. The van der Waals surface area contributed by atoms with Crippen molar-refractivity contribution in [3.63, 3.8) is 0 Å². The molecule has 0 bridgehead atoms. The van der Waals surface area contributed by atoms with Gasteiger partial charge in [-0.25, -0.2) is 0 Å². The summed E-state index contributed by atoms with van der Waals surface area (Å²) < 4.78 is 10.9. The van der Waals surface area contributed by atoms with Crippen LogP contribution in [0.4, 0.5) is 0 Å². The molecule has 44 heavy (non-hydrogen) atoms. The van der Waals surface area contributed by atoms with Crippen molar-refractivity contribution < 1.29 is 4.42 Å². The molecule has 5 nitrogen and oxygen atoms in total. The number of hydrogen-bond donors (Lipinski definition) is 0. The standard InChI is InChI=1S/C37H26N4O.C2H6/c1-3-24(4-2)36-38-39-37(42-36)25-21-26(40-32-17-9-5-13-28(32)29-14-6-10-18-33(29)40)23-27(22-25)41-34-19-11-7-15-30(34)31-16-8-12-20-35(31)41;1-2/h3-23H,1H2,2H3;1-2H3/b24-4+;. The summed E-state index contributed by atoms with van der Waals surface area (Å²) in [7, 11) is 0. The molecule has 0 aliphatic rings. The van der Waals surface area contributed by atoms with Crippen LogP contribution in [0.25, 0.3) is 72.0 Å². The van der Waals surface area contributed by atoms with Crippen LogP contribution < -0.4 is 0 Å². The van der Waals surface area contributed by atoms with Gasteiger partial charge < -0.3 is 13.6 Å². The van der Waals surface area contributed by atoms with Gasteiger partial charge in [-0.1, -0.05) is 105 Å². The van der Waals surface area contributed by atoms with Crippen molar-refractivity contribution in [1.82, 2.24) is 19.3 Å². The lowest BCUT2D eigenvalue weighted by Gasteiger charge is -2.14. The summed E-state index contributed by atoms with van der Waals surface area (Å²) in [4.78, 5) is 0. The second-order valence-electron chi connectivity index (χ2n) is 10.3. The fourth-order valence-corrected chi connectivity index (χ4v) is 6.16. The smallest absolute Gasteiger partial charge is 0.248 e. The Balaban J connectivity index is 0.00000153. The van der Waals surface area contributed by atoms with E-state index in [0.717, 1.165) is 44.6 Å². The first-order chi connectivity index (χ1) is 21.7. The summed E-state index contributed by atoms with van der Waals surface area (Å²) in [6.45, 7) is 9.83. The molecule has 0 saturated heterocycles. The van der Waals surface area contributed by atoms with Gasteiger partial charge in [0.2, 0.25) is 11.8 Å². The number of para-hydroxylation sites is 4. The quantitative estimate of drug-likeness (QED) is 0.193. The molecule has 214 valence electrons. The van der Waals surface area contributed by atoms with Gasteiger partial charge >= 0.3 is 0 Å². The zero-order valence-corrected chi connectivity index (χ0v) is 25.0. The van der Waals surface area contributed by atoms with E-state index in [1.807, 2.05) is 26.8 Å². The van der Waals surface area contributed by atoms with Crippen LogP contribution in [0.5, 0.6) is 0 Å². The Labute approximate surface area is 256 Å². The minimum atomic E-state index is 0.447. The van der Waals surface area contributed by atoms with E-state index in [-0.39, 0.29) is 0 Å². The SMILES string of the molecule is C=C/C(=C\C)c1nnc(-c2cc(-n3c4ccccc4c4ccccc43)cc(-n3c4ccccc4c4ccccc43)c2)o1.CC. The second-order valence-corrected chi connectivity index (χ2v) is 10.3. The predicted molar refractivity (Wildman–Crippen MR) is 184 cm³/mol. The number of allylic oxidation sites excluding steroid dienone is 3. The molecule has 5 aromatic carbocycles. The topological polar surface area (TPSA) is 48.8 Å². The number of nitrogens with zero attached hydrogens (tertiary/aromatic N) is 4. The van der Waals surface area contributed by atoms with Crippen LogP contribution >= 0.6 is 0 Å². The van der Waals surface area contributed by atoms with Crippen LogP contribution in [0.1, 0.15) is 26.7 Å². The molecule has 8 rings (SSSR count). The molecule has 0 spiro atoms. The Morgan fingerprint density at radius 1 is 0.614 bits per heavy atom. The fourth-order valence-electron chi connectivity index (χ4n) is 6.16. The maximum absolute atomic E-state index is 6.23. The van der Waals surface area contributed by atoms with Crippen molar-refractivity contribution in [3.05, 3.63) is 140 Å². The summed E-state index contributed by atoms with van der Waals surface area (Å²) in [5.74, 6) is 0.902. The van der Waals surface area contributed by atoms with Crippen LogP contribution in [0.2, 0.25) is 0 Å². The number of benzene rings is 5. The Kier molecular flexibility index (Phi) is 6.91. The molecule has 0 amide bonds. The third-order valence-corrected chi connectivity index (χ3v) is 8.03. The van der Waals surface area contributed by atoms with Crippen LogP contribution in [0.15, 0.2) is 138 Å². The first-order valence-corrected chi connectivity index (χ1v) is 15.0. The molecule has 0 saturated carbocycles. The number of rotatable bonds is 5. The summed E-state index contributed by atoms with van der Waals surface area (Å²) in [6, 6.07) is 40.7. The van der Waals surface area contributed by atoms with Crippen molar-refractivity contribution >= 4 is 49.2 Å². The van der Waals surface area contributed by atoms with E-state index >= 15 is 0 Å². The van der Waals surface area contributed by atoms with Gasteiger partial charge in [-0.15, -0.1) is 10.2 Å². The highest BCUT2D eigenvalue weighted by Gasteiger charge is 2.19. The number of fused-ring (bicyclic) bond motifs is 6. The first-order valence-electron chi connectivity index (χ1n) is 15.0. The Hall–Kier alpha value is -5.68. The highest BCUT2D eigenvalue weighted by atomic mass is 16.4. The van der Waals surface area contributed by atoms with Crippen LogP contribution in [0.3, 0.4) is 0 Å². The van der Waals surface area contributed by atoms with Gasteiger partial charge in [-0.3, -0.25) is 0 Å². The zero-order chi connectivity index (χ0) is 30.2. The van der Waals surface area contributed by atoms with E-state index in [1.54, 1.807) is 6.08 Å². The third-order valence-electron chi connectivity index (χ3n) is 8.03. The molecule has 0 radical (unpaired) electrons. The maximum Gasteiger partial charge on any atom is 0.248 e. The maximum atomic E-state index is 6.23. The van der Waals surface area contributed by atoms with Gasteiger partial charge in [0.1, 0.15) is 0 Å². The van der Waals surface area contributed by atoms with Crippen molar-refractivity contribution in [1.29, 1.82) is 0 Å². The number of hydrogen-bond acceptors (Lipinski definition) is 3. The molecule has 0 atom stereocenters. The average molecular weight is 573 g/mol. The molecule has 0 aliphatic carbocycles. The molecule has 0 fully saturated rings. The summed E-state index contributed by atoms with van der Waals surface area (Å²) in [5, 5.41) is 13.7. The van der Waals surface area contributed by atoms with Gasteiger partial charge in [0.05, 0.1) is 22.1 Å². The normalized spacial score (nSPS) is 11.8. The summed E-state index contributed by atoms with van der Waals surface area (Å²) in [6.07, 6.45) is 3.65. The van der Waals surface area contributed by atoms with Crippen LogP contribution in [-0.2, 0) is 0 Å². The largest absolute Gasteiger partial charge is 0.416 e. The Bertz CT molecular complexity index is 2110. The monoisotopic (exact) mass is 572 g/mol. The zero-order valence-electron chi connectivity index (χ0n) is 25.0. The van der Waals surface area contributed by atoms with Crippen LogP contribution in [0, 0.1) is 0 Å². The van der Waals surface area contributed by atoms with Crippen LogP contribution in [-0.4, -0.2) is 19.3 Å². The summed E-state index contributed by atoms with van der Waals surface area (Å²) >= 11 is 0. The van der Waals surface area contributed by atoms with Gasteiger partial charge in [0.25, 0.3) is 0 Å². The highest BCUT2D eigenvalue weighted by molar-refractivity contribution is 6.10. The lowest BCUT2D eigenvalue weighted by atomic mass is 10.1. The molecule has 8 aromatic rings. The molecule has 0 aliphatic heterocycles. The van der Waals surface area contributed by atoms with Gasteiger partial charge in [0.15, 0.2) is 0 Å². The van der Waals surface area contributed by atoms with Crippen molar-refractivity contribution in [3.8, 4) is 22.8 Å². The average Bonchev–Trinajstić information content (AvgIpc) is 3.79. The van der Waals surface area contributed by atoms with E-state index in [0.29, 0.717) is 11.8 Å². The Morgan fingerprint density at radius 2 is 1.02 bits per heavy atom. The van der Waals surface area contributed by atoms with Gasteiger partial charge in [-0.2, -0.15) is 0 Å². The van der Waals surface area contributed by atoms with E-state index in [1.165, 1.54) is 21.5 Å². The van der Waals surface area contributed by atoms with Crippen molar-refractivity contribution in [2.45, 2.75) is 20.8 Å². The van der Waals surface area contributed by atoms with Crippen molar-refractivity contribution in [2.24, 2.45) is 0 Å². The molecule has 3 aromatic heterocycles. The lowest BCUT2D eigenvalue weighted by molar-refractivity contribution is 0.554. The molecule has 0 N–H and O–H groups in total.